The average molecular weight is 343 g/mol. The summed E-state index contributed by atoms with van der Waals surface area (Å²) in [6, 6.07) is 17.1. The van der Waals surface area contributed by atoms with E-state index in [1.807, 2.05) is 42.5 Å². The van der Waals surface area contributed by atoms with Gasteiger partial charge in [0.05, 0.1) is 0 Å². The molecule has 0 spiro atoms. The first-order valence-electron chi connectivity index (χ1n) is 6.57. The molecule has 3 nitrogen and oxygen atoms in total. The van der Waals surface area contributed by atoms with E-state index in [2.05, 4.69) is 15.9 Å². The van der Waals surface area contributed by atoms with E-state index in [-0.39, 0.29) is 0 Å². The Kier molecular flexibility index (Phi) is 2.87. The number of rotatable bonds is 2. The molecule has 104 valence electrons. The number of halogens is 1. The van der Waals surface area contributed by atoms with Gasteiger partial charge >= 0.3 is 0 Å². The second kappa shape index (κ2) is 4.76. The fourth-order valence-corrected chi connectivity index (χ4v) is 2.87. The van der Waals surface area contributed by atoms with Crippen molar-refractivity contribution in [3.05, 3.63) is 70.6 Å². The second-order valence-corrected chi connectivity index (χ2v) is 5.68. The van der Waals surface area contributed by atoms with E-state index >= 15 is 0 Å². The average Bonchev–Trinajstić information content (AvgIpc) is 3.09. The molecule has 4 rings (SSSR count). The van der Waals surface area contributed by atoms with E-state index in [0.29, 0.717) is 10.4 Å². The third kappa shape index (κ3) is 2.07. The molecule has 2 aromatic carbocycles. The van der Waals surface area contributed by atoms with Crippen LogP contribution in [0, 0.1) is 0 Å². The topological polar surface area (TPSA) is 46.5 Å². The minimum atomic E-state index is -0.797. The zero-order valence-corrected chi connectivity index (χ0v) is 12.5. The van der Waals surface area contributed by atoms with Gasteiger partial charge in [-0.25, -0.2) is 0 Å². The van der Waals surface area contributed by atoms with Crippen molar-refractivity contribution in [2.75, 3.05) is 0 Å². The van der Waals surface area contributed by atoms with Crippen LogP contribution in [-0.2, 0) is 0 Å². The molecule has 2 heterocycles. The molecule has 0 aliphatic heterocycles. The van der Waals surface area contributed by atoms with Gasteiger partial charge in [-0.05, 0) is 51.8 Å². The van der Waals surface area contributed by atoms with Crippen LogP contribution in [0.5, 0.6) is 0 Å². The summed E-state index contributed by atoms with van der Waals surface area (Å²) in [7, 11) is 0. The lowest BCUT2D eigenvalue weighted by Gasteiger charge is -2.07. The van der Waals surface area contributed by atoms with E-state index in [4.69, 9.17) is 8.83 Å². The fourth-order valence-electron chi connectivity index (χ4n) is 2.55. The lowest BCUT2D eigenvalue weighted by molar-refractivity contribution is 0.188. The van der Waals surface area contributed by atoms with E-state index in [1.54, 1.807) is 12.1 Å². The van der Waals surface area contributed by atoms with Crippen LogP contribution in [0.3, 0.4) is 0 Å². The van der Waals surface area contributed by atoms with Crippen LogP contribution in [0.1, 0.15) is 17.4 Å². The molecule has 0 aliphatic rings. The minimum Gasteiger partial charge on any atom is -0.456 e. The molecule has 2 aromatic heterocycles. The molecular weight excluding hydrogens is 332 g/mol. The lowest BCUT2D eigenvalue weighted by atomic mass is 10.0. The fraction of sp³-hybridized carbons (Fsp3) is 0.0588. The largest absolute Gasteiger partial charge is 0.456 e. The van der Waals surface area contributed by atoms with Crippen LogP contribution in [-0.4, -0.2) is 5.11 Å². The lowest BCUT2D eigenvalue weighted by Crippen LogP contribution is -1.97. The van der Waals surface area contributed by atoms with Gasteiger partial charge in [0, 0.05) is 10.8 Å². The molecule has 0 fully saturated rings. The van der Waals surface area contributed by atoms with Crippen molar-refractivity contribution in [1.82, 2.24) is 0 Å². The molecule has 4 heteroatoms. The van der Waals surface area contributed by atoms with Crippen LogP contribution in [0.25, 0.3) is 21.9 Å². The number of benzene rings is 2. The Morgan fingerprint density at radius 2 is 1.67 bits per heavy atom. The highest BCUT2D eigenvalue weighted by Gasteiger charge is 2.16. The van der Waals surface area contributed by atoms with Crippen LogP contribution in [0.2, 0.25) is 0 Å². The van der Waals surface area contributed by atoms with Gasteiger partial charge in [0.15, 0.2) is 4.67 Å². The van der Waals surface area contributed by atoms with Gasteiger partial charge in [-0.15, -0.1) is 0 Å². The first-order chi connectivity index (χ1) is 10.2. The van der Waals surface area contributed by atoms with Gasteiger partial charge < -0.3 is 13.9 Å². The maximum absolute atomic E-state index is 10.4. The van der Waals surface area contributed by atoms with Crippen molar-refractivity contribution < 1.29 is 13.9 Å². The monoisotopic (exact) mass is 342 g/mol. The highest BCUT2D eigenvalue weighted by molar-refractivity contribution is 9.10. The zero-order chi connectivity index (χ0) is 14.4. The third-order valence-electron chi connectivity index (χ3n) is 3.58. The Bertz CT molecular complexity index is 935. The SMILES string of the molecule is OC(c1ccc2oc3ccccc3c2c1)c1ccc(Br)o1. The molecule has 1 unspecified atom stereocenters. The summed E-state index contributed by atoms with van der Waals surface area (Å²) >= 11 is 3.25. The van der Waals surface area contributed by atoms with Crippen molar-refractivity contribution in [1.29, 1.82) is 0 Å². The summed E-state index contributed by atoms with van der Waals surface area (Å²) in [6.45, 7) is 0. The number of furan rings is 2. The number of para-hydroxylation sites is 1. The Morgan fingerprint density at radius 3 is 2.48 bits per heavy atom. The molecular formula is C17H11BrO3. The first-order valence-corrected chi connectivity index (χ1v) is 7.36. The smallest absolute Gasteiger partial charge is 0.169 e. The molecule has 0 bridgehead atoms. The third-order valence-corrected chi connectivity index (χ3v) is 4.01. The van der Waals surface area contributed by atoms with Gasteiger partial charge in [-0.2, -0.15) is 0 Å². The second-order valence-electron chi connectivity index (χ2n) is 4.90. The van der Waals surface area contributed by atoms with Crippen LogP contribution in [0.4, 0.5) is 0 Å². The van der Waals surface area contributed by atoms with Gasteiger partial charge in [0.2, 0.25) is 0 Å². The maximum Gasteiger partial charge on any atom is 0.169 e. The predicted molar refractivity (Wildman–Crippen MR) is 84.2 cm³/mol. The van der Waals surface area contributed by atoms with E-state index < -0.39 is 6.10 Å². The molecule has 0 saturated heterocycles. The predicted octanol–water partition coefficient (Wildman–Crippen LogP) is 5.02. The normalized spacial score (nSPS) is 13.0. The van der Waals surface area contributed by atoms with E-state index in [0.717, 1.165) is 27.5 Å². The highest BCUT2D eigenvalue weighted by Crippen LogP contribution is 2.33. The Labute approximate surface area is 128 Å². The molecule has 0 aliphatic carbocycles. The molecule has 0 saturated carbocycles. The first kappa shape index (κ1) is 12.7. The Hall–Kier alpha value is -2.04. The van der Waals surface area contributed by atoms with Crippen molar-refractivity contribution in [2.24, 2.45) is 0 Å². The molecule has 21 heavy (non-hydrogen) atoms. The van der Waals surface area contributed by atoms with Crippen LogP contribution >= 0.6 is 15.9 Å². The molecule has 1 atom stereocenters. The number of aliphatic hydroxyl groups excluding tert-OH is 1. The van der Waals surface area contributed by atoms with Crippen LogP contribution in [0.15, 0.2) is 68.1 Å². The van der Waals surface area contributed by atoms with E-state index in [1.165, 1.54) is 0 Å². The zero-order valence-electron chi connectivity index (χ0n) is 10.9. The summed E-state index contributed by atoms with van der Waals surface area (Å²) in [5, 5.41) is 12.5. The number of hydrogen-bond donors (Lipinski definition) is 1. The minimum absolute atomic E-state index is 0.508. The molecule has 1 N–H and O–H groups in total. The quantitative estimate of drug-likeness (QED) is 0.556. The summed E-state index contributed by atoms with van der Waals surface area (Å²) in [6.07, 6.45) is -0.797. The number of fused-ring (bicyclic) bond motifs is 3. The summed E-state index contributed by atoms with van der Waals surface area (Å²) in [4.78, 5) is 0. The van der Waals surface area contributed by atoms with Gasteiger partial charge in [-0.1, -0.05) is 24.3 Å². The van der Waals surface area contributed by atoms with Gasteiger partial charge in [0.1, 0.15) is 23.0 Å². The van der Waals surface area contributed by atoms with Crippen LogP contribution < -0.4 is 0 Å². The van der Waals surface area contributed by atoms with Crippen molar-refractivity contribution >= 4 is 37.9 Å². The summed E-state index contributed by atoms with van der Waals surface area (Å²) in [5.74, 6) is 0.508. The Balaban J connectivity index is 1.88. The molecule has 0 radical (unpaired) electrons. The summed E-state index contributed by atoms with van der Waals surface area (Å²) in [5.41, 5.74) is 2.43. The van der Waals surface area contributed by atoms with Crippen molar-refractivity contribution in [2.45, 2.75) is 6.10 Å². The maximum atomic E-state index is 10.4. The van der Waals surface area contributed by atoms with Gasteiger partial charge in [-0.3, -0.25) is 0 Å². The molecule has 0 amide bonds. The van der Waals surface area contributed by atoms with E-state index in [9.17, 15) is 5.11 Å². The highest BCUT2D eigenvalue weighted by atomic mass is 79.9. The molecule has 4 aromatic rings. The van der Waals surface area contributed by atoms with Crippen molar-refractivity contribution in [3.63, 3.8) is 0 Å². The van der Waals surface area contributed by atoms with Crippen molar-refractivity contribution in [3.8, 4) is 0 Å². The van der Waals surface area contributed by atoms with Gasteiger partial charge in [0.25, 0.3) is 0 Å². The Morgan fingerprint density at radius 1 is 0.857 bits per heavy atom. The standard InChI is InChI=1S/C17H11BrO3/c18-16-8-7-15(21-16)17(19)10-5-6-14-12(9-10)11-3-1-2-4-13(11)20-14/h1-9,17,19H. The summed E-state index contributed by atoms with van der Waals surface area (Å²) < 4.78 is 11.8. The number of aliphatic hydroxyl groups is 1. The number of hydrogen-bond acceptors (Lipinski definition) is 3.